The van der Waals surface area contributed by atoms with Crippen LogP contribution in [0.2, 0.25) is 0 Å². The molecule has 84 valence electrons. The molecule has 0 aliphatic carbocycles. The molecule has 0 amide bonds. The fourth-order valence-corrected chi connectivity index (χ4v) is 1.44. The summed E-state index contributed by atoms with van der Waals surface area (Å²) in [5.41, 5.74) is 0.898. The number of nitrogens with zero attached hydrogens (tertiary/aromatic N) is 2. The zero-order valence-electron chi connectivity index (χ0n) is 9.22. The fraction of sp³-hybridized carbons (Fsp3) is 0.417. The molecule has 1 rings (SSSR count). The van der Waals surface area contributed by atoms with Gasteiger partial charge >= 0.3 is 5.97 Å². The number of aromatic nitrogens is 1. The normalized spacial score (nSPS) is 11.5. The Morgan fingerprint density at radius 3 is 3.06 bits per heavy atom. The molecule has 0 aliphatic heterocycles. The molecule has 0 saturated heterocycles. The number of carbonyl (C=O) groups excluding carboxylic acids is 1. The molecule has 1 heterocycles. The van der Waals surface area contributed by atoms with Gasteiger partial charge in [0.1, 0.15) is 0 Å². The SMILES string of the molecule is COC(=O)CCCC(C#N)c1cccnc1. The summed E-state index contributed by atoms with van der Waals surface area (Å²) in [6.07, 6.45) is 5.02. The van der Waals surface area contributed by atoms with Gasteiger partial charge in [0.15, 0.2) is 0 Å². The van der Waals surface area contributed by atoms with E-state index in [1.165, 1.54) is 7.11 Å². The molecule has 0 radical (unpaired) electrons. The zero-order chi connectivity index (χ0) is 11.8. The molecule has 0 aromatic carbocycles. The van der Waals surface area contributed by atoms with Crippen LogP contribution in [0.5, 0.6) is 0 Å². The number of hydrogen-bond donors (Lipinski definition) is 0. The van der Waals surface area contributed by atoms with Gasteiger partial charge in [-0.3, -0.25) is 9.78 Å². The van der Waals surface area contributed by atoms with Crippen molar-refractivity contribution >= 4 is 5.97 Å². The van der Waals surface area contributed by atoms with Gasteiger partial charge in [-0.05, 0) is 24.5 Å². The van der Waals surface area contributed by atoms with E-state index in [0.717, 1.165) is 5.56 Å². The van der Waals surface area contributed by atoms with Crippen molar-refractivity contribution in [2.75, 3.05) is 7.11 Å². The fourth-order valence-electron chi connectivity index (χ4n) is 1.44. The summed E-state index contributed by atoms with van der Waals surface area (Å²) >= 11 is 0. The van der Waals surface area contributed by atoms with E-state index in [1.54, 1.807) is 18.5 Å². The second kappa shape index (κ2) is 6.57. The maximum absolute atomic E-state index is 10.9. The van der Waals surface area contributed by atoms with Gasteiger partial charge in [0.05, 0.1) is 19.1 Å². The molecule has 1 atom stereocenters. The topological polar surface area (TPSA) is 63.0 Å². The van der Waals surface area contributed by atoms with Gasteiger partial charge < -0.3 is 4.74 Å². The third kappa shape index (κ3) is 3.70. The predicted octanol–water partition coefficient (Wildman–Crippen LogP) is 2.03. The lowest BCUT2D eigenvalue weighted by Gasteiger charge is -2.07. The van der Waals surface area contributed by atoms with Crippen molar-refractivity contribution in [1.82, 2.24) is 4.98 Å². The molecule has 0 fully saturated rings. The van der Waals surface area contributed by atoms with Gasteiger partial charge in [-0.1, -0.05) is 6.07 Å². The molecule has 16 heavy (non-hydrogen) atoms. The molecule has 1 unspecified atom stereocenters. The van der Waals surface area contributed by atoms with E-state index in [9.17, 15) is 4.79 Å². The Hall–Kier alpha value is -1.89. The first-order valence-electron chi connectivity index (χ1n) is 5.14. The summed E-state index contributed by atoms with van der Waals surface area (Å²) in [6, 6.07) is 5.90. The van der Waals surface area contributed by atoms with Crippen LogP contribution in [0.3, 0.4) is 0 Å². The van der Waals surface area contributed by atoms with Crippen LogP contribution in [0.4, 0.5) is 0 Å². The Morgan fingerprint density at radius 2 is 2.50 bits per heavy atom. The van der Waals surface area contributed by atoms with E-state index in [2.05, 4.69) is 15.8 Å². The van der Waals surface area contributed by atoms with E-state index < -0.39 is 0 Å². The average molecular weight is 218 g/mol. The quantitative estimate of drug-likeness (QED) is 0.709. The highest BCUT2D eigenvalue weighted by Crippen LogP contribution is 2.20. The van der Waals surface area contributed by atoms with E-state index >= 15 is 0 Å². The molecule has 0 saturated carbocycles. The molecular formula is C12H14N2O2. The van der Waals surface area contributed by atoms with Crippen molar-refractivity contribution in [3.63, 3.8) is 0 Å². The molecule has 0 N–H and O–H groups in total. The number of methoxy groups -OCH3 is 1. The summed E-state index contributed by atoms with van der Waals surface area (Å²) in [5, 5.41) is 9.01. The average Bonchev–Trinajstić information content (AvgIpc) is 2.35. The van der Waals surface area contributed by atoms with Crippen molar-refractivity contribution in [2.45, 2.75) is 25.2 Å². The molecule has 4 nitrogen and oxygen atoms in total. The minimum absolute atomic E-state index is 0.196. The molecule has 0 aliphatic rings. The maximum atomic E-state index is 10.9. The Kier molecular flexibility index (Phi) is 5.00. The van der Waals surface area contributed by atoms with Crippen LogP contribution in [-0.2, 0) is 9.53 Å². The number of nitriles is 1. The Bertz CT molecular complexity index is 370. The second-order valence-corrected chi connectivity index (χ2v) is 3.44. The predicted molar refractivity (Wildman–Crippen MR) is 58.5 cm³/mol. The van der Waals surface area contributed by atoms with Crippen LogP contribution >= 0.6 is 0 Å². The highest BCUT2D eigenvalue weighted by atomic mass is 16.5. The molecule has 4 heteroatoms. The van der Waals surface area contributed by atoms with Gasteiger partial charge in [-0.25, -0.2) is 0 Å². The Balaban J connectivity index is 2.45. The van der Waals surface area contributed by atoms with Crippen LogP contribution in [0, 0.1) is 11.3 Å². The van der Waals surface area contributed by atoms with Crippen molar-refractivity contribution in [3.05, 3.63) is 30.1 Å². The zero-order valence-corrected chi connectivity index (χ0v) is 9.22. The number of pyridine rings is 1. The standard InChI is InChI=1S/C12H14N2O2/c1-16-12(15)6-2-4-10(8-13)11-5-3-7-14-9-11/h3,5,7,9-10H,2,4,6H2,1H3. The van der Waals surface area contributed by atoms with E-state index in [4.69, 9.17) is 5.26 Å². The van der Waals surface area contributed by atoms with Crippen LogP contribution in [0.25, 0.3) is 0 Å². The summed E-state index contributed by atoms with van der Waals surface area (Å²) in [7, 11) is 1.37. The Morgan fingerprint density at radius 1 is 1.69 bits per heavy atom. The third-order valence-electron chi connectivity index (χ3n) is 2.34. The summed E-state index contributed by atoms with van der Waals surface area (Å²) in [5.74, 6) is -0.429. The largest absolute Gasteiger partial charge is 0.469 e. The lowest BCUT2D eigenvalue weighted by molar-refractivity contribution is -0.140. The van der Waals surface area contributed by atoms with Gasteiger partial charge in [0.2, 0.25) is 0 Å². The lowest BCUT2D eigenvalue weighted by Crippen LogP contribution is -2.02. The molecule has 0 bridgehead atoms. The highest BCUT2D eigenvalue weighted by Gasteiger charge is 2.11. The van der Waals surface area contributed by atoms with E-state index in [1.807, 2.05) is 6.07 Å². The highest BCUT2D eigenvalue weighted by molar-refractivity contribution is 5.69. The van der Waals surface area contributed by atoms with Crippen molar-refractivity contribution < 1.29 is 9.53 Å². The maximum Gasteiger partial charge on any atom is 0.305 e. The monoisotopic (exact) mass is 218 g/mol. The van der Waals surface area contributed by atoms with Crippen molar-refractivity contribution in [2.24, 2.45) is 0 Å². The summed E-state index contributed by atoms with van der Waals surface area (Å²) < 4.78 is 4.54. The van der Waals surface area contributed by atoms with E-state index in [-0.39, 0.29) is 11.9 Å². The first-order valence-corrected chi connectivity index (χ1v) is 5.14. The van der Waals surface area contributed by atoms with Gasteiger partial charge in [-0.2, -0.15) is 5.26 Å². The van der Waals surface area contributed by atoms with Crippen LogP contribution in [-0.4, -0.2) is 18.1 Å². The van der Waals surface area contributed by atoms with Crippen molar-refractivity contribution in [1.29, 1.82) is 5.26 Å². The smallest absolute Gasteiger partial charge is 0.305 e. The Labute approximate surface area is 94.9 Å². The van der Waals surface area contributed by atoms with Gasteiger partial charge in [0, 0.05) is 18.8 Å². The van der Waals surface area contributed by atoms with Crippen LogP contribution in [0.15, 0.2) is 24.5 Å². The van der Waals surface area contributed by atoms with Gasteiger partial charge in [0.25, 0.3) is 0 Å². The first kappa shape index (κ1) is 12.2. The van der Waals surface area contributed by atoms with Crippen LogP contribution < -0.4 is 0 Å². The van der Waals surface area contributed by atoms with Gasteiger partial charge in [-0.15, -0.1) is 0 Å². The second-order valence-electron chi connectivity index (χ2n) is 3.44. The number of ether oxygens (including phenoxy) is 1. The first-order chi connectivity index (χ1) is 7.77. The number of esters is 1. The minimum Gasteiger partial charge on any atom is -0.469 e. The minimum atomic E-state index is -0.233. The van der Waals surface area contributed by atoms with Crippen LogP contribution in [0.1, 0.15) is 30.7 Å². The van der Waals surface area contributed by atoms with E-state index in [0.29, 0.717) is 19.3 Å². The number of rotatable bonds is 5. The summed E-state index contributed by atoms with van der Waals surface area (Å²) in [6.45, 7) is 0. The lowest BCUT2D eigenvalue weighted by atomic mass is 9.96. The molecule has 1 aromatic rings. The molecular weight excluding hydrogens is 204 g/mol. The third-order valence-corrected chi connectivity index (χ3v) is 2.34. The summed E-state index contributed by atoms with van der Waals surface area (Å²) in [4.78, 5) is 14.9. The molecule has 0 spiro atoms. The number of hydrogen-bond acceptors (Lipinski definition) is 4. The van der Waals surface area contributed by atoms with Crippen molar-refractivity contribution in [3.8, 4) is 6.07 Å². The molecule has 1 aromatic heterocycles. The number of carbonyl (C=O) groups is 1.